The predicted molar refractivity (Wildman–Crippen MR) is 340 cm³/mol. The molecule has 11 aromatic rings. The van der Waals surface area contributed by atoms with Gasteiger partial charge in [-0.15, -0.1) is 0 Å². The summed E-state index contributed by atoms with van der Waals surface area (Å²) in [6, 6.07) is 87.2. The highest BCUT2D eigenvalue weighted by molar-refractivity contribution is 7.00. The van der Waals surface area contributed by atoms with Crippen molar-refractivity contribution in [3.05, 3.63) is 269 Å². The molecular weight excluding hydrogens is 952 g/mol. The Morgan fingerprint density at radius 3 is 0.911 bits per heavy atom. The third-order valence-corrected chi connectivity index (χ3v) is 16.6. The molecule has 0 spiro atoms. The Morgan fingerprint density at radius 1 is 0.291 bits per heavy atom. The molecule has 2 aliphatic heterocycles. The summed E-state index contributed by atoms with van der Waals surface area (Å²) in [5.74, 6) is 0. The first kappa shape index (κ1) is 49.6. The van der Waals surface area contributed by atoms with Crippen LogP contribution in [0.15, 0.2) is 231 Å². The second-order valence-electron chi connectivity index (χ2n) is 23.4. The van der Waals surface area contributed by atoms with Crippen LogP contribution in [0.4, 0.5) is 34.1 Å². The Hall–Kier alpha value is -8.92. The quantitative estimate of drug-likeness (QED) is 0.140. The molecule has 2 heterocycles. The number of fused-ring (bicyclic) bond motifs is 4. The SMILES string of the molecule is Cc1cc(C)c(-c2ccc3c(c2)B2c4cc(-c5c(C)cc(C)cc5C)ccc4N(c4cc(-c5ccccc5)cc(-c5ccccc5)c4)c4cc(C(C)(C)C)cc(c42)N3c2cc(-c3ccccc3)cc(-c3ccccc3)c2)c(C)c1. The first-order chi connectivity index (χ1) is 38.2. The number of rotatable bonds is 8. The van der Waals surface area contributed by atoms with Crippen molar-refractivity contribution < 1.29 is 0 Å². The second-order valence-corrected chi connectivity index (χ2v) is 23.4. The fourth-order valence-electron chi connectivity index (χ4n) is 13.2. The molecule has 11 aromatic carbocycles. The molecule has 3 heteroatoms. The van der Waals surface area contributed by atoms with Gasteiger partial charge >= 0.3 is 0 Å². The van der Waals surface area contributed by atoms with Gasteiger partial charge in [-0.2, -0.15) is 0 Å². The number of nitrogens with zero attached hydrogens (tertiary/aromatic N) is 2. The van der Waals surface area contributed by atoms with Crippen LogP contribution >= 0.6 is 0 Å². The lowest BCUT2D eigenvalue weighted by Gasteiger charge is -2.45. The number of benzene rings is 11. The third-order valence-electron chi connectivity index (χ3n) is 16.6. The van der Waals surface area contributed by atoms with Gasteiger partial charge in [-0.1, -0.05) is 202 Å². The first-order valence-corrected chi connectivity index (χ1v) is 28.0. The van der Waals surface area contributed by atoms with Crippen molar-refractivity contribution in [1.29, 1.82) is 0 Å². The number of anilines is 6. The highest BCUT2D eigenvalue weighted by Crippen LogP contribution is 2.49. The molecule has 2 nitrogen and oxygen atoms in total. The van der Waals surface area contributed by atoms with Crippen LogP contribution in [-0.4, -0.2) is 6.71 Å². The van der Waals surface area contributed by atoms with Crippen molar-refractivity contribution in [3.8, 4) is 66.8 Å². The van der Waals surface area contributed by atoms with E-state index in [4.69, 9.17) is 0 Å². The topological polar surface area (TPSA) is 6.48 Å². The highest BCUT2D eigenvalue weighted by atomic mass is 15.2. The third kappa shape index (κ3) is 8.88. The van der Waals surface area contributed by atoms with Gasteiger partial charge in [-0.05, 0) is 219 Å². The zero-order chi connectivity index (χ0) is 54.3. The Balaban J connectivity index is 1.18. The zero-order valence-electron chi connectivity index (χ0n) is 46.9. The maximum atomic E-state index is 2.62. The van der Waals surface area contributed by atoms with E-state index in [9.17, 15) is 0 Å². The lowest BCUT2D eigenvalue weighted by molar-refractivity contribution is 0.590. The van der Waals surface area contributed by atoms with Gasteiger partial charge in [-0.3, -0.25) is 0 Å². The minimum atomic E-state index is -0.199. The maximum absolute atomic E-state index is 2.62. The second kappa shape index (κ2) is 19.5. The molecule has 0 fully saturated rings. The monoisotopic (exact) mass is 1020 g/mol. The zero-order valence-corrected chi connectivity index (χ0v) is 46.9. The van der Waals surface area contributed by atoms with E-state index in [1.807, 2.05) is 0 Å². The van der Waals surface area contributed by atoms with Gasteiger partial charge in [0.2, 0.25) is 0 Å². The molecule has 2 aliphatic rings. The van der Waals surface area contributed by atoms with Crippen molar-refractivity contribution in [2.45, 2.75) is 67.7 Å². The van der Waals surface area contributed by atoms with Crippen LogP contribution in [0.2, 0.25) is 0 Å². The molecule has 0 saturated heterocycles. The minimum Gasteiger partial charge on any atom is -0.311 e. The van der Waals surface area contributed by atoms with E-state index >= 15 is 0 Å². The highest BCUT2D eigenvalue weighted by Gasteiger charge is 2.45. The number of hydrogen-bond acceptors (Lipinski definition) is 2. The van der Waals surface area contributed by atoms with Crippen molar-refractivity contribution in [2.75, 3.05) is 9.80 Å². The number of hydrogen-bond donors (Lipinski definition) is 0. The van der Waals surface area contributed by atoms with E-state index in [-0.39, 0.29) is 12.1 Å². The van der Waals surface area contributed by atoms with Crippen LogP contribution < -0.4 is 26.2 Å². The van der Waals surface area contributed by atoms with E-state index in [2.05, 4.69) is 303 Å². The maximum Gasteiger partial charge on any atom is 0.252 e. The van der Waals surface area contributed by atoms with Gasteiger partial charge in [0, 0.05) is 34.1 Å². The molecular formula is C76H65BN2. The van der Waals surface area contributed by atoms with Gasteiger partial charge < -0.3 is 9.80 Å². The normalized spacial score (nSPS) is 12.5. The standard InChI is InChI=1S/C76H65BN2/c1-48-34-50(3)73(51(4)35-48)58-30-32-69-67(44-58)77-68-45-59(74-52(5)36-49(2)37-53(74)6)31-33-70(68)79(66-42-62(56-26-18-12-19-27-56)39-63(43-66)57-28-20-13-21-29-57)72-47-64(76(7,8)9)46-71(75(72)77)78(69)65-40-60(54-22-14-10-15-23-54)38-61(41-65)55-24-16-11-17-25-55/h10-47H,1-9H3. The summed E-state index contributed by atoms with van der Waals surface area (Å²) in [7, 11) is 0. The molecule has 0 amide bonds. The van der Waals surface area contributed by atoms with E-state index in [1.165, 1.54) is 145 Å². The fraction of sp³-hybridized carbons (Fsp3) is 0.132. The Bertz CT molecular complexity index is 3750. The molecule has 0 atom stereocenters. The van der Waals surface area contributed by atoms with Crippen LogP contribution in [0.3, 0.4) is 0 Å². The summed E-state index contributed by atoms with van der Waals surface area (Å²) in [4.78, 5) is 5.24. The Morgan fingerprint density at radius 2 is 0.608 bits per heavy atom. The smallest absolute Gasteiger partial charge is 0.252 e. The summed E-state index contributed by atoms with van der Waals surface area (Å²) in [6.07, 6.45) is 0. The largest absolute Gasteiger partial charge is 0.311 e. The van der Waals surface area contributed by atoms with E-state index < -0.39 is 0 Å². The summed E-state index contributed by atoms with van der Waals surface area (Å²) < 4.78 is 0. The van der Waals surface area contributed by atoms with Crippen molar-refractivity contribution in [3.63, 3.8) is 0 Å². The van der Waals surface area contributed by atoms with Gasteiger partial charge in [0.15, 0.2) is 0 Å². The van der Waals surface area contributed by atoms with Crippen molar-refractivity contribution in [2.24, 2.45) is 0 Å². The molecule has 79 heavy (non-hydrogen) atoms. The van der Waals surface area contributed by atoms with E-state index in [0.717, 1.165) is 11.4 Å². The summed E-state index contributed by atoms with van der Waals surface area (Å²) in [5, 5.41) is 0. The molecule has 0 bridgehead atoms. The van der Waals surface area contributed by atoms with Gasteiger partial charge in [0.05, 0.1) is 0 Å². The van der Waals surface area contributed by atoms with Gasteiger partial charge in [0.1, 0.15) is 0 Å². The predicted octanol–water partition coefficient (Wildman–Crippen LogP) is 18.9. The lowest BCUT2D eigenvalue weighted by atomic mass is 9.33. The van der Waals surface area contributed by atoms with E-state index in [0.29, 0.717) is 0 Å². The molecule has 13 rings (SSSR count). The fourth-order valence-corrected chi connectivity index (χ4v) is 13.2. The molecule has 382 valence electrons. The van der Waals surface area contributed by atoms with Crippen LogP contribution in [-0.2, 0) is 5.41 Å². The average Bonchev–Trinajstić information content (AvgIpc) is 3.59. The summed E-state index contributed by atoms with van der Waals surface area (Å²) >= 11 is 0. The molecule has 0 unspecified atom stereocenters. The minimum absolute atomic E-state index is 0.120. The molecule has 0 saturated carbocycles. The van der Waals surface area contributed by atoms with Crippen LogP contribution in [0.5, 0.6) is 0 Å². The summed E-state index contributed by atoms with van der Waals surface area (Å²) in [6.45, 7) is 20.5. The molecule has 0 aliphatic carbocycles. The molecule has 0 radical (unpaired) electrons. The summed E-state index contributed by atoms with van der Waals surface area (Å²) in [5.41, 5.74) is 34.2. The van der Waals surface area contributed by atoms with Crippen LogP contribution in [0.1, 0.15) is 59.7 Å². The van der Waals surface area contributed by atoms with Gasteiger partial charge in [0.25, 0.3) is 6.71 Å². The molecule has 0 N–H and O–H groups in total. The Labute approximate surface area is 468 Å². The van der Waals surface area contributed by atoms with Crippen molar-refractivity contribution >= 4 is 57.2 Å². The van der Waals surface area contributed by atoms with E-state index in [1.54, 1.807) is 0 Å². The van der Waals surface area contributed by atoms with Crippen molar-refractivity contribution in [1.82, 2.24) is 0 Å². The van der Waals surface area contributed by atoms with Crippen LogP contribution in [0, 0.1) is 41.5 Å². The Kier molecular flexibility index (Phi) is 12.3. The first-order valence-electron chi connectivity index (χ1n) is 28.0. The van der Waals surface area contributed by atoms with Gasteiger partial charge in [-0.25, -0.2) is 0 Å². The average molecular weight is 1020 g/mol. The van der Waals surface area contributed by atoms with Crippen LogP contribution in [0.25, 0.3) is 66.8 Å². The lowest BCUT2D eigenvalue weighted by Crippen LogP contribution is -2.61. The number of aryl methyl sites for hydroxylation is 6. The molecule has 0 aromatic heterocycles.